The van der Waals surface area contributed by atoms with Gasteiger partial charge in [0.05, 0.1) is 0 Å². The van der Waals surface area contributed by atoms with Gasteiger partial charge in [0, 0.05) is 19.3 Å². The molecule has 0 heterocycles. The van der Waals surface area contributed by atoms with Crippen molar-refractivity contribution in [2.75, 3.05) is 13.2 Å². The quantitative estimate of drug-likeness (QED) is 0.0261. The van der Waals surface area contributed by atoms with Gasteiger partial charge >= 0.3 is 17.9 Å². The van der Waals surface area contributed by atoms with Gasteiger partial charge in [-0.15, -0.1) is 0 Å². The summed E-state index contributed by atoms with van der Waals surface area (Å²) < 4.78 is 16.9. The second kappa shape index (κ2) is 64.4. The molecule has 440 valence electrons. The highest BCUT2D eigenvalue weighted by molar-refractivity contribution is 5.71. The maximum absolute atomic E-state index is 12.9. The van der Waals surface area contributed by atoms with Gasteiger partial charge in [-0.2, -0.15) is 0 Å². The Morgan fingerprint density at radius 1 is 0.276 bits per heavy atom. The van der Waals surface area contributed by atoms with Gasteiger partial charge in [-0.25, -0.2) is 0 Å². The molecule has 0 aromatic carbocycles. The van der Waals surface area contributed by atoms with E-state index in [0.717, 1.165) is 89.9 Å². The fourth-order valence-corrected chi connectivity index (χ4v) is 9.53. The Bertz CT molecular complexity index is 1400. The molecule has 0 aromatic rings. The van der Waals surface area contributed by atoms with Gasteiger partial charge in [0.15, 0.2) is 6.10 Å². The summed E-state index contributed by atoms with van der Waals surface area (Å²) in [6.45, 7) is 6.53. The van der Waals surface area contributed by atoms with E-state index in [9.17, 15) is 14.4 Å². The molecule has 0 spiro atoms. The van der Waals surface area contributed by atoms with Gasteiger partial charge in [0.1, 0.15) is 13.2 Å². The van der Waals surface area contributed by atoms with Crippen LogP contribution in [0.2, 0.25) is 0 Å². The van der Waals surface area contributed by atoms with E-state index in [4.69, 9.17) is 14.2 Å². The summed E-state index contributed by atoms with van der Waals surface area (Å²) in [7, 11) is 0. The molecule has 0 fully saturated rings. The van der Waals surface area contributed by atoms with Crippen LogP contribution < -0.4 is 0 Å². The van der Waals surface area contributed by atoms with Gasteiger partial charge in [0.25, 0.3) is 0 Å². The fourth-order valence-electron chi connectivity index (χ4n) is 9.53. The maximum Gasteiger partial charge on any atom is 0.306 e. The first-order chi connectivity index (χ1) is 37.5. The lowest BCUT2D eigenvalue weighted by atomic mass is 10.0. The Hall–Kier alpha value is -3.15. The summed E-state index contributed by atoms with van der Waals surface area (Å²) in [5.74, 6) is -0.862. The third-order valence-corrected chi connectivity index (χ3v) is 14.4. The van der Waals surface area contributed by atoms with E-state index < -0.39 is 6.10 Å². The fraction of sp³-hybridized carbons (Fsp3) is 0.786. The SMILES string of the molecule is CC/C=C\C/C=C\C/C=C\C/C=C\C/C=C\CCCCCCCCCCCCCCCCCC(=O)OCC(COC(=O)CCCCCCCCCC)OC(=O)CCCCCCCCCCC/C=C\CCCCCCCC. The predicted octanol–water partition coefficient (Wildman–Crippen LogP) is 22.5. The van der Waals surface area contributed by atoms with Crippen LogP contribution in [0.3, 0.4) is 0 Å². The van der Waals surface area contributed by atoms with Crippen molar-refractivity contribution in [2.24, 2.45) is 0 Å². The molecule has 6 heteroatoms. The van der Waals surface area contributed by atoms with Crippen LogP contribution in [0.4, 0.5) is 0 Å². The van der Waals surface area contributed by atoms with Gasteiger partial charge < -0.3 is 14.2 Å². The number of hydrogen-bond donors (Lipinski definition) is 0. The Morgan fingerprint density at radius 3 is 0.816 bits per heavy atom. The summed E-state index contributed by atoms with van der Waals surface area (Å²) in [5.41, 5.74) is 0. The third kappa shape index (κ3) is 61.7. The van der Waals surface area contributed by atoms with Crippen LogP contribution in [0.15, 0.2) is 72.9 Å². The topological polar surface area (TPSA) is 78.9 Å². The maximum atomic E-state index is 12.9. The molecule has 1 atom stereocenters. The number of ether oxygens (including phenoxy) is 3. The molecule has 1 unspecified atom stereocenters. The van der Waals surface area contributed by atoms with Crippen LogP contribution in [-0.2, 0) is 28.6 Å². The van der Waals surface area contributed by atoms with Crippen LogP contribution in [0, 0.1) is 0 Å². The van der Waals surface area contributed by atoms with E-state index >= 15 is 0 Å². The van der Waals surface area contributed by atoms with Crippen molar-refractivity contribution in [1.29, 1.82) is 0 Å². The molecule has 0 aromatic heterocycles. The van der Waals surface area contributed by atoms with Gasteiger partial charge in [0.2, 0.25) is 0 Å². The molecule has 0 saturated heterocycles. The van der Waals surface area contributed by atoms with Crippen LogP contribution in [0.1, 0.15) is 335 Å². The van der Waals surface area contributed by atoms with Gasteiger partial charge in [-0.05, 0) is 89.9 Å². The molecule has 0 aliphatic carbocycles. The molecular formula is C70H124O6. The van der Waals surface area contributed by atoms with Crippen molar-refractivity contribution in [3.8, 4) is 0 Å². The minimum atomic E-state index is -0.772. The first-order valence-corrected chi connectivity index (χ1v) is 32.9. The average molecular weight is 1060 g/mol. The number of unbranched alkanes of at least 4 members (excludes halogenated alkanes) is 37. The van der Waals surface area contributed by atoms with Crippen LogP contribution in [-0.4, -0.2) is 37.2 Å². The average Bonchev–Trinajstić information content (AvgIpc) is 3.42. The zero-order valence-corrected chi connectivity index (χ0v) is 50.5. The molecule has 0 radical (unpaired) electrons. The number of esters is 3. The van der Waals surface area contributed by atoms with Crippen molar-refractivity contribution < 1.29 is 28.6 Å². The highest BCUT2D eigenvalue weighted by atomic mass is 16.6. The number of allylic oxidation sites excluding steroid dienone is 12. The van der Waals surface area contributed by atoms with E-state index in [2.05, 4.69) is 93.7 Å². The minimum absolute atomic E-state index is 0.0716. The van der Waals surface area contributed by atoms with E-state index in [0.29, 0.717) is 19.3 Å². The zero-order valence-electron chi connectivity index (χ0n) is 50.5. The Morgan fingerprint density at radius 2 is 0.513 bits per heavy atom. The highest BCUT2D eigenvalue weighted by Crippen LogP contribution is 2.17. The smallest absolute Gasteiger partial charge is 0.306 e. The van der Waals surface area contributed by atoms with Gasteiger partial charge in [-0.3, -0.25) is 14.4 Å². The molecule has 0 aliphatic rings. The summed E-state index contributed by atoms with van der Waals surface area (Å²) >= 11 is 0. The van der Waals surface area contributed by atoms with Crippen LogP contribution in [0.25, 0.3) is 0 Å². The second-order valence-corrected chi connectivity index (χ2v) is 22.0. The number of hydrogen-bond acceptors (Lipinski definition) is 6. The first kappa shape index (κ1) is 72.8. The number of rotatable bonds is 60. The number of carbonyl (C=O) groups is 3. The zero-order chi connectivity index (χ0) is 55.0. The van der Waals surface area contributed by atoms with Gasteiger partial charge in [-0.1, -0.05) is 299 Å². The van der Waals surface area contributed by atoms with Crippen molar-refractivity contribution >= 4 is 17.9 Å². The Labute approximate surface area is 472 Å². The molecule has 0 N–H and O–H groups in total. The Kier molecular flexibility index (Phi) is 61.7. The monoisotopic (exact) mass is 1060 g/mol. The molecule has 0 rings (SSSR count). The van der Waals surface area contributed by atoms with E-state index in [1.165, 1.54) is 205 Å². The van der Waals surface area contributed by atoms with Crippen molar-refractivity contribution in [3.63, 3.8) is 0 Å². The molecule has 0 aliphatic heterocycles. The summed E-state index contributed by atoms with van der Waals surface area (Å²) in [5, 5.41) is 0. The summed E-state index contributed by atoms with van der Waals surface area (Å²) in [6, 6.07) is 0. The number of carbonyl (C=O) groups excluding carboxylic acids is 3. The molecular weight excluding hydrogens is 937 g/mol. The third-order valence-electron chi connectivity index (χ3n) is 14.4. The molecule has 0 amide bonds. The highest BCUT2D eigenvalue weighted by Gasteiger charge is 2.19. The van der Waals surface area contributed by atoms with E-state index in [1.54, 1.807) is 0 Å². The van der Waals surface area contributed by atoms with Crippen molar-refractivity contribution in [1.82, 2.24) is 0 Å². The van der Waals surface area contributed by atoms with Crippen LogP contribution >= 0.6 is 0 Å². The molecule has 0 saturated carbocycles. The Balaban J connectivity index is 4.09. The van der Waals surface area contributed by atoms with Crippen molar-refractivity contribution in [3.05, 3.63) is 72.9 Å². The summed E-state index contributed by atoms with van der Waals surface area (Å²) in [4.78, 5) is 38.1. The van der Waals surface area contributed by atoms with Crippen molar-refractivity contribution in [2.45, 2.75) is 341 Å². The summed E-state index contributed by atoms with van der Waals surface area (Å²) in [6.07, 6.45) is 83.6. The molecule has 76 heavy (non-hydrogen) atoms. The standard InChI is InChI=1S/C70H124O6/c1-4-7-10-13-16-19-21-23-25-27-29-30-31-32-33-34-35-36-37-38-39-40-42-43-45-47-49-51-54-57-60-63-69(72)75-66-67(65-74-68(71)62-59-56-53-18-15-12-9-6-3)76-70(73)64-61-58-55-52-50-48-46-44-41-28-26-24-22-20-17-14-11-8-5-2/h7,10,16,19,23-26,29-30,32-33,67H,4-6,8-9,11-15,17-18,20-22,27-28,31,34-66H2,1-3H3/b10-7-,19-16-,25-23-,26-24-,30-29-,33-32-. The minimum Gasteiger partial charge on any atom is -0.462 e. The van der Waals surface area contributed by atoms with E-state index in [1.807, 2.05) is 0 Å². The predicted molar refractivity (Wildman–Crippen MR) is 330 cm³/mol. The van der Waals surface area contributed by atoms with Crippen LogP contribution in [0.5, 0.6) is 0 Å². The lowest BCUT2D eigenvalue weighted by Crippen LogP contribution is -2.30. The molecule has 0 bridgehead atoms. The second-order valence-electron chi connectivity index (χ2n) is 22.0. The normalized spacial score (nSPS) is 12.5. The first-order valence-electron chi connectivity index (χ1n) is 32.9. The molecule has 6 nitrogen and oxygen atoms in total. The largest absolute Gasteiger partial charge is 0.462 e. The lowest BCUT2D eigenvalue weighted by Gasteiger charge is -2.18. The lowest BCUT2D eigenvalue weighted by molar-refractivity contribution is -0.167. The van der Waals surface area contributed by atoms with E-state index in [-0.39, 0.29) is 31.1 Å².